The lowest BCUT2D eigenvalue weighted by Crippen LogP contribution is -2.15. The van der Waals surface area contributed by atoms with Crippen LogP contribution < -0.4 is 0 Å². The molecule has 0 N–H and O–H groups in total. The monoisotopic (exact) mass is 544 g/mol. The molecule has 6 heteroatoms. The van der Waals surface area contributed by atoms with Crippen LogP contribution in [-0.4, -0.2) is 0 Å². The molecular formula is C33H34F6. The van der Waals surface area contributed by atoms with Crippen molar-refractivity contribution < 1.29 is 26.3 Å². The van der Waals surface area contributed by atoms with Crippen LogP contribution in [0.15, 0.2) is 36.4 Å². The number of benzene rings is 3. The van der Waals surface area contributed by atoms with Gasteiger partial charge in [-0.2, -0.15) is 0 Å². The van der Waals surface area contributed by atoms with Gasteiger partial charge in [-0.05, 0) is 79.0 Å². The van der Waals surface area contributed by atoms with Crippen LogP contribution in [0.2, 0.25) is 0 Å². The molecule has 3 aromatic carbocycles. The fourth-order valence-corrected chi connectivity index (χ4v) is 5.60. The normalized spacial score (nSPS) is 17.7. The molecule has 0 unspecified atom stereocenters. The average molecular weight is 545 g/mol. The van der Waals surface area contributed by atoms with Crippen molar-refractivity contribution in [3.63, 3.8) is 0 Å². The molecule has 1 saturated carbocycles. The second-order valence-corrected chi connectivity index (χ2v) is 10.4. The van der Waals surface area contributed by atoms with Gasteiger partial charge in [-0.25, -0.2) is 26.3 Å². The minimum absolute atomic E-state index is 0.0374. The van der Waals surface area contributed by atoms with Crippen molar-refractivity contribution in [2.24, 2.45) is 0 Å². The zero-order chi connectivity index (χ0) is 28.1. The summed E-state index contributed by atoms with van der Waals surface area (Å²) in [5.41, 5.74) is 1.12. The maximum Gasteiger partial charge on any atom is 0.166 e. The van der Waals surface area contributed by atoms with Gasteiger partial charge in [-0.1, -0.05) is 75.2 Å². The van der Waals surface area contributed by atoms with Crippen LogP contribution in [0.25, 0.3) is 12.2 Å². The fraction of sp³-hybridized carbons (Fsp3) is 0.394. The molecule has 0 saturated heterocycles. The number of aryl methyl sites for hydroxylation is 2. The quantitative estimate of drug-likeness (QED) is 0.143. The van der Waals surface area contributed by atoms with E-state index in [1.54, 1.807) is 19.1 Å². The Kier molecular flexibility index (Phi) is 9.58. The molecular weight excluding hydrogens is 510 g/mol. The number of unbranched alkanes of at least 4 members (excludes halogenated alkanes) is 2. The van der Waals surface area contributed by atoms with Gasteiger partial charge < -0.3 is 0 Å². The van der Waals surface area contributed by atoms with E-state index in [9.17, 15) is 22.0 Å². The van der Waals surface area contributed by atoms with Gasteiger partial charge >= 0.3 is 0 Å². The molecule has 3 aromatic rings. The summed E-state index contributed by atoms with van der Waals surface area (Å²) >= 11 is 0. The van der Waals surface area contributed by atoms with E-state index in [1.165, 1.54) is 36.4 Å². The Morgan fingerprint density at radius 3 is 1.59 bits per heavy atom. The predicted octanol–water partition coefficient (Wildman–Crippen LogP) is 10.4. The summed E-state index contributed by atoms with van der Waals surface area (Å²) in [5.74, 6) is -5.97. The standard InChI is InChI=1S/C33H34F6/c1-3-5-6-7-23-12-13-24(30(36)29(23)35)14-15-25-17-19-27(33(39)31(25)37)22-10-8-21(9-11-22)26-18-16-20(4-2)28(34)32(26)38/h12-19,21-22H,3-11H2,1-2H3/b15-14+. The Bertz CT molecular complexity index is 1330. The Hall–Kier alpha value is -3.02. The molecule has 0 amide bonds. The van der Waals surface area contributed by atoms with E-state index in [4.69, 9.17) is 0 Å². The molecule has 0 nitrogen and oxygen atoms in total. The molecule has 0 aromatic heterocycles. The number of hydrogen-bond acceptors (Lipinski definition) is 0. The van der Waals surface area contributed by atoms with Gasteiger partial charge in [0.2, 0.25) is 0 Å². The van der Waals surface area contributed by atoms with Gasteiger partial charge in [-0.15, -0.1) is 0 Å². The van der Waals surface area contributed by atoms with Crippen LogP contribution in [0.3, 0.4) is 0 Å². The smallest absolute Gasteiger partial charge is 0.166 e. The lowest BCUT2D eigenvalue weighted by atomic mass is 9.75. The minimum Gasteiger partial charge on any atom is -0.203 e. The summed E-state index contributed by atoms with van der Waals surface area (Å²) < 4.78 is 87.9. The highest BCUT2D eigenvalue weighted by Gasteiger charge is 2.29. The van der Waals surface area contributed by atoms with Gasteiger partial charge in [0.15, 0.2) is 34.9 Å². The molecule has 0 heterocycles. The third-order valence-electron chi connectivity index (χ3n) is 8.01. The van der Waals surface area contributed by atoms with Crippen LogP contribution in [-0.2, 0) is 12.8 Å². The zero-order valence-corrected chi connectivity index (χ0v) is 22.4. The first-order chi connectivity index (χ1) is 18.8. The van der Waals surface area contributed by atoms with Crippen molar-refractivity contribution in [2.75, 3.05) is 0 Å². The predicted molar refractivity (Wildman–Crippen MR) is 145 cm³/mol. The van der Waals surface area contributed by atoms with Crippen molar-refractivity contribution >= 4 is 12.2 Å². The second-order valence-electron chi connectivity index (χ2n) is 10.4. The van der Waals surface area contributed by atoms with Gasteiger partial charge in [0.05, 0.1) is 0 Å². The summed E-state index contributed by atoms with van der Waals surface area (Å²) in [4.78, 5) is 0. The Morgan fingerprint density at radius 2 is 1.03 bits per heavy atom. The van der Waals surface area contributed by atoms with Crippen molar-refractivity contribution in [1.29, 1.82) is 0 Å². The Labute approximate surface area is 226 Å². The molecule has 0 aliphatic heterocycles. The van der Waals surface area contributed by atoms with Gasteiger partial charge in [0.25, 0.3) is 0 Å². The zero-order valence-electron chi connectivity index (χ0n) is 22.4. The number of halogens is 6. The highest BCUT2D eigenvalue weighted by atomic mass is 19.2. The van der Waals surface area contributed by atoms with Crippen molar-refractivity contribution in [3.8, 4) is 0 Å². The van der Waals surface area contributed by atoms with Crippen LogP contribution in [0.5, 0.6) is 0 Å². The third kappa shape index (κ3) is 6.26. The van der Waals surface area contributed by atoms with E-state index in [2.05, 4.69) is 0 Å². The Balaban J connectivity index is 1.45. The van der Waals surface area contributed by atoms with Gasteiger partial charge in [-0.3, -0.25) is 0 Å². The fourth-order valence-electron chi connectivity index (χ4n) is 5.60. The summed E-state index contributed by atoms with van der Waals surface area (Å²) in [6.07, 6.45) is 8.11. The minimum atomic E-state index is -1.05. The van der Waals surface area contributed by atoms with E-state index in [1.807, 2.05) is 6.92 Å². The summed E-state index contributed by atoms with van der Waals surface area (Å²) in [6.45, 7) is 3.80. The second kappa shape index (κ2) is 12.9. The van der Waals surface area contributed by atoms with Crippen molar-refractivity contribution in [3.05, 3.63) is 105 Å². The van der Waals surface area contributed by atoms with Crippen molar-refractivity contribution in [1.82, 2.24) is 0 Å². The highest BCUT2D eigenvalue weighted by molar-refractivity contribution is 5.70. The van der Waals surface area contributed by atoms with Crippen LogP contribution in [0, 0.1) is 34.9 Å². The first-order valence-corrected chi connectivity index (χ1v) is 13.9. The molecule has 0 atom stereocenters. The molecule has 1 fully saturated rings. The number of hydrogen-bond donors (Lipinski definition) is 0. The van der Waals surface area contributed by atoms with Crippen molar-refractivity contribution in [2.45, 2.75) is 83.5 Å². The largest absolute Gasteiger partial charge is 0.203 e. The first-order valence-electron chi connectivity index (χ1n) is 13.9. The molecule has 1 aliphatic carbocycles. The van der Waals surface area contributed by atoms with Gasteiger partial charge in [0.1, 0.15) is 0 Å². The topological polar surface area (TPSA) is 0 Å². The van der Waals surface area contributed by atoms with Gasteiger partial charge in [0, 0.05) is 11.1 Å². The Morgan fingerprint density at radius 1 is 0.564 bits per heavy atom. The molecule has 0 spiro atoms. The first kappa shape index (κ1) is 29.0. The van der Waals surface area contributed by atoms with Crippen LogP contribution in [0.4, 0.5) is 26.3 Å². The third-order valence-corrected chi connectivity index (χ3v) is 8.01. The lowest BCUT2D eigenvalue weighted by molar-refractivity contribution is 0.369. The molecule has 1 aliphatic rings. The van der Waals surface area contributed by atoms with E-state index in [-0.39, 0.29) is 28.5 Å². The highest BCUT2D eigenvalue weighted by Crippen LogP contribution is 2.43. The van der Waals surface area contributed by atoms with Crippen LogP contribution in [0.1, 0.15) is 104 Å². The summed E-state index contributed by atoms with van der Waals surface area (Å²) in [5, 5.41) is 0. The molecule has 0 radical (unpaired) electrons. The molecule has 208 valence electrons. The SMILES string of the molecule is CCCCCc1ccc(/C=C/c2ccc(C3CCC(c4ccc(CC)c(F)c4F)CC3)c(F)c2F)c(F)c1F. The molecule has 39 heavy (non-hydrogen) atoms. The molecule has 0 bridgehead atoms. The van der Waals surface area contributed by atoms with E-state index in [0.29, 0.717) is 55.2 Å². The van der Waals surface area contributed by atoms with E-state index >= 15 is 4.39 Å². The van der Waals surface area contributed by atoms with E-state index in [0.717, 1.165) is 19.3 Å². The molecule has 4 rings (SSSR count). The summed E-state index contributed by atoms with van der Waals surface area (Å²) in [7, 11) is 0. The number of rotatable bonds is 9. The maximum absolute atomic E-state index is 15.1. The van der Waals surface area contributed by atoms with E-state index < -0.39 is 34.9 Å². The summed E-state index contributed by atoms with van der Waals surface area (Å²) in [6, 6.07) is 9.18. The maximum atomic E-state index is 15.1. The van der Waals surface area contributed by atoms with Crippen LogP contribution >= 0.6 is 0 Å². The lowest BCUT2D eigenvalue weighted by Gasteiger charge is -2.30. The average Bonchev–Trinajstić information content (AvgIpc) is 2.94.